The Morgan fingerprint density at radius 2 is 0.900 bits per heavy atom. The van der Waals surface area contributed by atoms with Crippen molar-refractivity contribution < 1.29 is 5.11 Å². The first-order valence-electron chi connectivity index (χ1n) is 10.3. The van der Waals surface area contributed by atoms with E-state index in [1.54, 1.807) is 12.1 Å². The van der Waals surface area contributed by atoms with Gasteiger partial charge in [-0.3, -0.25) is 0 Å². The summed E-state index contributed by atoms with van der Waals surface area (Å²) in [5, 5.41) is 17.4. The zero-order valence-corrected chi connectivity index (χ0v) is 16.7. The van der Waals surface area contributed by atoms with Crippen LogP contribution in [0.1, 0.15) is 5.56 Å². The van der Waals surface area contributed by atoms with Gasteiger partial charge in [0.2, 0.25) is 0 Å². The van der Waals surface area contributed by atoms with Gasteiger partial charge in [0.1, 0.15) is 5.75 Å². The second-order valence-electron chi connectivity index (χ2n) is 8.06. The standard InChI is InChI=1S/C29H20O/c1-18-2-4-19(5-3-18)24-14-8-21-11-17-27-25(20-6-12-23(30)13-7-20)15-9-22-10-16-26(24)28(21)29(22)27/h2-17,30H,1H3. The van der Waals surface area contributed by atoms with E-state index >= 15 is 0 Å². The molecule has 0 fully saturated rings. The molecule has 142 valence electrons. The topological polar surface area (TPSA) is 20.2 Å². The monoisotopic (exact) mass is 384 g/mol. The van der Waals surface area contributed by atoms with Crippen molar-refractivity contribution in [2.75, 3.05) is 0 Å². The molecule has 0 amide bonds. The summed E-state index contributed by atoms with van der Waals surface area (Å²) in [6.07, 6.45) is 0. The van der Waals surface area contributed by atoms with Crippen molar-refractivity contribution in [1.29, 1.82) is 0 Å². The summed E-state index contributed by atoms with van der Waals surface area (Å²) in [6, 6.07) is 34.1. The van der Waals surface area contributed by atoms with E-state index in [9.17, 15) is 5.11 Å². The third-order valence-electron chi connectivity index (χ3n) is 6.21. The van der Waals surface area contributed by atoms with Crippen molar-refractivity contribution in [1.82, 2.24) is 0 Å². The zero-order valence-electron chi connectivity index (χ0n) is 16.7. The minimum Gasteiger partial charge on any atom is -0.508 e. The molecule has 0 aromatic heterocycles. The predicted molar refractivity (Wildman–Crippen MR) is 127 cm³/mol. The van der Waals surface area contributed by atoms with Crippen LogP contribution in [0.15, 0.2) is 97.1 Å². The van der Waals surface area contributed by atoms with Gasteiger partial charge in [0, 0.05) is 0 Å². The molecule has 1 N–H and O–H groups in total. The van der Waals surface area contributed by atoms with E-state index < -0.39 is 0 Å². The lowest BCUT2D eigenvalue weighted by molar-refractivity contribution is 0.475. The van der Waals surface area contributed by atoms with E-state index in [1.165, 1.54) is 54.6 Å². The molecule has 6 rings (SSSR count). The Labute approximate surface area is 175 Å². The normalized spacial score (nSPS) is 11.6. The number of benzene rings is 6. The fourth-order valence-corrected chi connectivity index (χ4v) is 4.68. The molecule has 0 aliphatic rings. The SMILES string of the molecule is Cc1ccc(-c2ccc3ccc4c(-c5ccc(O)cc5)ccc5ccc2c3c54)cc1. The van der Waals surface area contributed by atoms with Crippen LogP contribution in [-0.2, 0) is 0 Å². The number of rotatable bonds is 2. The average molecular weight is 384 g/mol. The van der Waals surface area contributed by atoms with Crippen LogP contribution in [0.3, 0.4) is 0 Å². The first-order chi connectivity index (χ1) is 14.7. The maximum atomic E-state index is 9.69. The fraction of sp³-hybridized carbons (Fsp3) is 0.0345. The van der Waals surface area contributed by atoms with Crippen molar-refractivity contribution in [2.45, 2.75) is 6.92 Å². The van der Waals surface area contributed by atoms with Gasteiger partial charge in [0.05, 0.1) is 0 Å². The Morgan fingerprint density at radius 1 is 0.467 bits per heavy atom. The Balaban J connectivity index is 1.71. The van der Waals surface area contributed by atoms with Gasteiger partial charge in [-0.1, -0.05) is 90.5 Å². The minimum atomic E-state index is 0.291. The Bertz CT molecular complexity index is 1400. The summed E-state index contributed by atoms with van der Waals surface area (Å²) < 4.78 is 0. The van der Waals surface area contributed by atoms with Crippen molar-refractivity contribution in [3.63, 3.8) is 0 Å². The highest BCUT2D eigenvalue weighted by molar-refractivity contribution is 6.27. The molecule has 0 aliphatic heterocycles. The maximum absolute atomic E-state index is 9.69. The highest BCUT2D eigenvalue weighted by Gasteiger charge is 2.14. The highest BCUT2D eigenvalue weighted by atomic mass is 16.3. The quantitative estimate of drug-likeness (QED) is 0.300. The van der Waals surface area contributed by atoms with Crippen LogP contribution in [0.25, 0.3) is 54.6 Å². The second kappa shape index (κ2) is 6.33. The molecule has 0 saturated carbocycles. The van der Waals surface area contributed by atoms with Crippen LogP contribution in [0.2, 0.25) is 0 Å². The molecule has 0 bridgehead atoms. The van der Waals surface area contributed by atoms with Gasteiger partial charge in [-0.15, -0.1) is 0 Å². The summed E-state index contributed by atoms with van der Waals surface area (Å²) in [7, 11) is 0. The molecule has 0 saturated heterocycles. The largest absolute Gasteiger partial charge is 0.508 e. The van der Waals surface area contributed by atoms with Gasteiger partial charge in [-0.2, -0.15) is 0 Å². The number of aromatic hydroxyl groups is 1. The average Bonchev–Trinajstić information content (AvgIpc) is 2.78. The molecule has 0 unspecified atom stereocenters. The maximum Gasteiger partial charge on any atom is 0.115 e. The first-order valence-corrected chi connectivity index (χ1v) is 10.3. The van der Waals surface area contributed by atoms with Crippen LogP contribution in [0.4, 0.5) is 0 Å². The van der Waals surface area contributed by atoms with E-state index in [4.69, 9.17) is 0 Å². The van der Waals surface area contributed by atoms with E-state index in [0.29, 0.717) is 5.75 Å². The lowest BCUT2D eigenvalue weighted by atomic mass is 9.87. The molecule has 0 spiro atoms. The Hall–Kier alpha value is -3.84. The fourth-order valence-electron chi connectivity index (χ4n) is 4.68. The molecular formula is C29H20O. The second-order valence-corrected chi connectivity index (χ2v) is 8.06. The van der Waals surface area contributed by atoms with Crippen LogP contribution in [0.5, 0.6) is 5.75 Å². The van der Waals surface area contributed by atoms with Gasteiger partial charge < -0.3 is 5.11 Å². The van der Waals surface area contributed by atoms with Crippen molar-refractivity contribution in [3.8, 4) is 28.0 Å². The van der Waals surface area contributed by atoms with Crippen LogP contribution < -0.4 is 0 Å². The smallest absolute Gasteiger partial charge is 0.115 e. The van der Waals surface area contributed by atoms with Crippen LogP contribution in [0, 0.1) is 6.92 Å². The molecular weight excluding hydrogens is 364 g/mol. The minimum absolute atomic E-state index is 0.291. The number of hydrogen-bond acceptors (Lipinski definition) is 1. The van der Waals surface area contributed by atoms with Gasteiger partial charge in [-0.25, -0.2) is 0 Å². The molecule has 0 aliphatic carbocycles. The molecule has 0 atom stereocenters. The predicted octanol–water partition coefficient (Wildman–Crippen LogP) is 7.93. The van der Waals surface area contributed by atoms with Crippen LogP contribution in [-0.4, -0.2) is 5.11 Å². The summed E-state index contributed by atoms with van der Waals surface area (Å²) in [5.74, 6) is 0.291. The summed E-state index contributed by atoms with van der Waals surface area (Å²) in [5.41, 5.74) is 6.10. The molecule has 1 nitrogen and oxygen atoms in total. The molecule has 1 heteroatoms. The van der Waals surface area contributed by atoms with Gasteiger partial charge in [0.15, 0.2) is 0 Å². The molecule has 6 aromatic rings. The van der Waals surface area contributed by atoms with Gasteiger partial charge >= 0.3 is 0 Å². The summed E-state index contributed by atoms with van der Waals surface area (Å²) in [6.45, 7) is 2.12. The number of phenolic OH excluding ortho intramolecular Hbond substituents is 1. The lowest BCUT2D eigenvalue weighted by Gasteiger charge is -2.16. The number of hydrogen-bond donors (Lipinski definition) is 1. The van der Waals surface area contributed by atoms with E-state index in [0.717, 1.165) is 5.56 Å². The molecule has 6 aromatic carbocycles. The zero-order chi connectivity index (χ0) is 20.2. The van der Waals surface area contributed by atoms with Gasteiger partial charge in [0.25, 0.3) is 0 Å². The Morgan fingerprint density at radius 3 is 1.40 bits per heavy atom. The van der Waals surface area contributed by atoms with Crippen molar-refractivity contribution in [3.05, 3.63) is 103 Å². The van der Waals surface area contributed by atoms with E-state index in [1.807, 2.05) is 12.1 Å². The molecule has 0 radical (unpaired) electrons. The third-order valence-corrected chi connectivity index (χ3v) is 6.21. The van der Waals surface area contributed by atoms with Crippen molar-refractivity contribution >= 4 is 32.3 Å². The number of phenols is 1. The summed E-state index contributed by atoms with van der Waals surface area (Å²) in [4.78, 5) is 0. The van der Waals surface area contributed by atoms with E-state index in [-0.39, 0.29) is 0 Å². The third kappa shape index (κ3) is 2.49. The lowest BCUT2D eigenvalue weighted by Crippen LogP contribution is -1.89. The Kier molecular flexibility index (Phi) is 3.60. The van der Waals surface area contributed by atoms with Crippen molar-refractivity contribution in [2.24, 2.45) is 0 Å². The highest BCUT2D eigenvalue weighted by Crippen LogP contribution is 2.42. The van der Waals surface area contributed by atoms with Gasteiger partial charge in [-0.05, 0) is 73.6 Å². The summed E-state index contributed by atoms with van der Waals surface area (Å²) >= 11 is 0. The molecule has 0 heterocycles. The number of aryl methyl sites for hydroxylation is 1. The van der Waals surface area contributed by atoms with E-state index in [2.05, 4.69) is 79.7 Å². The first kappa shape index (κ1) is 17.1. The molecule has 30 heavy (non-hydrogen) atoms. The van der Waals surface area contributed by atoms with Crippen LogP contribution >= 0.6 is 0 Å².